The number of nitrogens with zero attached hydrogens (tertiary/aromatic N) is 2. The van der Waals surface area contributed by atoms with Gasteiger partial charge in [0, 0.05) is 32.1 Å². The van der Waals surface area contributed by atoms with Gasteiger partial charge in [-0.1, -0.05) is 18.2 Å². The largest absolute Gasteiger partial charge is 0.382 e. The Morgan fingerprint density at radius 1 is 1.20 bits per heavy atom. The first-order valence-electron chi connectivity index (χ1n) is 7.08. The second-order valence-electron chi connectivity index (χ2n) is 4.56. The van der Waals surface area contributed by atoms with E-state index in [1.807, 2.05) is 4.68 Å². The van der Waals surface area contributed by atoms with Gasteiger partial charge in [-0.25, -0.2) is 0 Å². The Labute approximate surface area is 119 Å². The van der Waals surface area contributed by atoms with Crippen LogP contribution in [0.2, 0.25) is 0 Å². The zero-order chi connectivity index (χ0) is 14.2. The fourth-order valence-electron chi connectivity index (χ4n) is 2.16. The fourth-order valence-corrected chi connectivity index (χ4v) is 2.16. The molecule has 0 aliphatic carbocycles. The summed E-state index contributed by atoms with van der Waals surface area (Å²) in [7, 11) is 1.68. The third-order valence-corrected chi connectivity index (χ3v) is 3.18. The van der Waals surface area contributed by atoms with Crippen molar-refractivity contribution in [2.75, 3.05) is 33.5 Å². The van der Waals surface area contributed by atoms with E-state index in [9.17, 15) is 0 Å². The van der Waals surface area contributed by atoms with Gasteiger partial charge in [0.05, 0.1) is 31.0 Å². The quantitative estimate of drug-likeness (QED) is 0.710. The number of aryl methyl sites for hydroxylation is 1. The second-order valence-corrected chi connectivity index (χ2v) is 4.56. The van der Waals surface area contributed by atoms with Gasteiger partial charge in [0.15, 0.2) is 0 Å². The predicted octanol–water partition coefficient (Wildman–Crippen LogP) is 1.81. The van der Waals surface area contributed by atoms with E-state index in [0.29, 0.717) is 19.8 Å². The Balaban J connectivity index is 1.84. The molecule has 0 radical (unpaired) electrons. The highest BCUT2D eigenvalue weighted by atomic mass is 16.5. The molecule has 0 aliphatic rings. The van der Waals surface area contributed by atoms with Crippen molar-refractivity contribution in [3.05, 3.63) is 30.0 Å². The van der Waals surface area contributed by atoms with Crippen molar-refractivity contribution in [1.29, 1.82) is 0 Å². The van der Waals surface area contributed by atoms with Crippen LogP contribution in [0.15, 0.2) is 24.3 Å². The number of hydrogen-bond acceptors (Lipinski definition) is 4. The van der Waals surface area contributed by atoms with Crippen LogP contribution in [0.4, 0.5) is 0 Å². The van der Waals surface area contributed by atoms with Crippen molar-refractivity contribution in [3.8, 4) is 0 Å². The molecule has 1 N–H and O–H groups in total. The molecule has 0 fully saturated rings. The van der Waals surface area contributed by atoms with Gasteiger partial charge in [0.25, 0.3) is 0 Å². The van der Waals surface area contributed by atoms with E-state index in [4.69, 9.17) is 9.47 Å². The van der Waals surface area contributed by atoms with Crippen molar-refractivity contribution in [2.45, 2.75) is 20.0 Å². The van der Waals surface area contributed by atoms with Crippen LogP contribution in [0.1, 0.15) is 12.6 Å². The highest BCUT2D eigenvalue weighted by Gasteiger charge is 2.07. The number of nitrogens with one attached hydrogen (secondary N) is 1. The molecule has 0 amide bonds. The molecule has 5 nitrogen and oxygen atoms in total. The molecule has 1 aromatic heterocycles. The number of ether oxygens (including phenoxy) is 2. The van der Waals surface area contributed by atoms with Crippen molar-refractivity contribution in [2.24, 2.45) is 0 Å². The Kier molecular flexibility index (Phi) is 5.98. The lowest BCUT2D eigenvalue weighted by Gasteiger charge is -2.04. The molecule has 0 atom stereocenters. The monoisotopic (exact) mass is 277 g/mol. The number of fused-ring (bicyclic) bond motifs is 1. The van der Waals surface area contributed by atoms with E-state index in [0.717, 1.165) is 25.3 Å². The van der Waals surface area contributed by atoms with Gasteiger partial charge in [-0.15, -0.1) is 0 Å². The molecule has 2 rings (SSSR count). The maximum Gasteiger partial charge on any atom is 0.0841 e. The van der Waals surface area contributed by atoms with Gasteiger partial charge < -0.3 is 14.8 Å². The second kappa shape index (κ2) is 7.99. The molecule has 5 heteroatoms. The summed E-state index contributed by atoms with van der Waals surface area (Å²) in [6.07, 6.45) is 0. The molecule has 0 bridgehead atoms. The average molecular weight is 277 g/mol. The van der Waals surface area contributed by atoms with E-state index in [1.165, 1.54) is 10.9 Å². The molecule has 2 aromatic rings. The van der Waals surface area contributed by atoms with Gasteiger partial charge in [0.2, 0.25) is 0 Å². The standard InChI is InChI=1S/C15H23N3O2/c1-3-18-15-7-5-4-6-13(15)14(17-18)12-16-8-9-20-11-10-19-2/h4-7,16H,3,8-12H2,1-2H3. The van der Waals surface area contributed by atoms with Crippen molar-refractivity contribution >= 4 is 10.9 Å². The van der Waals surface area contributed by atoms with E-state index in [2.05, 4.69) is 41.6 Å². The fraction of sp³-hybridized carbons (Fsp3) is 0.533. The summed E-state index contributed by atoms with van der Waals surface area (Å²) in [5.74, 6) is 0. The SMILES string of the molecule is CCn1nc(CNCCOCCOC)c2ccccc21. The molecule has 20 heavy (non-hydrogen) atoms. The molecule has 0 aliphatic heterocycles. The highest BCUT2D eigenvalue weighted by Crippen LogP contribution is 2.17. The van der Waals surface area contributed by atoms with Gasteiger partial charge in [-0.05, 0) is 13.0 Å². The Morgan fingerprint density at radius 3 is 2.85 bits per heavy atom. The number of para-hydroxylation sites is 1. The lowest BCUT2D eigenvalue weighted by Crippen LogP contribution is -2.20. The lowest BCUT2D eigenvalue weighted by atomic mass is 10.2. The predicted molar refractivity (Wildman–Crippen MR) is 79.8 cm³/mol. The number of methoxy groups -OCH3 is 1. The maximum absolute atomic E-state index is 5.41. The van der Waals surface area contributed by atoms with Gasteiger partial charge in [-0.2, -0.15) is 5.10 Å². The topological polar surface area (TPSA) is 48.3 Å². The lowest BCUT2D eigenvalue weighted by molar-refractivity contribution is 0.0719. The van der Waals surface area contributed by atoms with Crippen LogP contribution in [0.3, 0.4) is 0 Å². The average Bonchev–Trinajstić information content (AvgIpc) is 2.85. The summed E-state index contributed by atoms with van der Waals surface area (Å²) in [5, 5.41) is 9.24. The number of hydrogen-bond donors (Lipinski definition) is 1. The Hall–Kier alpha value is -1.43. The molecule has 0 unspecified atom stereocenters. The summed E-state index contributed by atoms with van der Waals surface area (Å²) in [6, 6.07) is 8.35. The molecule has 0 saturated carbocycles. The minimum atomic E-state index is 0.644. The summed E-state index contributed by atoms with van der Waals surface area (Å²) in [6.45, 7) is 6.56. The third kappa shape index (κ3) is 3.79. The normalized spacial score (nSPS) is 11.3. The summed E-state index contributed by atoms with van der Waals surface area (Å²) in [4.78, 5) is 0. The number of benzene rings is 1. The van der Waals surface area contributed by atoms with Gasteiger partial charge in [0.1, 0.15) is 0 Å². The summed E-state index contributed by atoms with van der Waals surface area (Å²) >= 11 is 0. The highest BCUT2D eigenvalue weighted by molar-refractivity contribution is 5.81. The number of rotatable bonds is 9. The smallest absolute Gasteiger partial charge is 0.0841 e. The van der Waals surface area contributed by atoms with Crippen LogP contribution in [0.25, 0.3) is 10.9 Å². The zero-order valence-electron chi connectivity index (χ0n) is 12.3. The molecular weight excluding hydrogens is 254 g/mol. The van der Waals surface area contributed by atoms with Crippen molar-refractivity contribution in [1.82, 2.24) is 15.1 Å². The van der Waals surface area contributed by atoms with Crippen LogP contribution in [-0.2, 0) is 22.6 Å². The molecule has 110 valence electrons. The molecule has 1 aromatic carbocycles. The summed E-state index contributed by atoms with van der Waals surface area (Å²) < 4.78 is 12.4. The van der Waals surface area contributed by atoms with Crippen LogP contribution in [-0.4, -0.2) is 43.3 Å². The van der Waals surface area contributed by atoms with E-state index in [-0.39, 0.29) is 0 Å². The maximum atomic E-state index is 5.41. The molecular formula is C15H23N3O2. The van der Waals surface area contributed by atoms with Crippen LogP contribution < -0.4 is 5.32 Å². The van der Waals surface area contributed by atoms with E-state index >= 15 is 0 Å². The first-order chi connectivity index (χ1) is 9.86. The zero-order valence-corrected chi connectivity index (χ0v) is 12.3. The van der Waals surface area contributed by atoms with Crippen molar-refractivity contribution in [3.63, 3.8) is 0 Å². The van der Waals surface area contributed by atoms with Crippen LogP contribution in [0.5, 0.6) is 0 Å². The van der Waals surface area contributed by atoms with E-state index in [1.54, 1.807) is 7.11 Å². The Bertz CT molecular complexity index is 525. The first-order valence-corrected chi connectivity index (χ1v) is 7.08. The van der Waals surface area contributed by atoms with Crippen molar-refractivity contribution < 1.29 is 9.47 Å². The van der Waals surface area contributed by atoms with Gasteiger partial charge in [-0.3, -0.25) is 4.68 Å². The van der Waals surface area contributed by atoms with E-state index < -0.39 is 0 Å². The minimum Gasteiger partial charge on any atom is -0.382 e. The van der Waals surface area contributed by atoms with Gasteiger partial charge >= 0.3 is 0 Å². The van der Waals surface area contributed by atoms with Crippen LogP contribution >= 0.6 is 0 Å². The summed E-state index contributed by atoms with van der Waals surface area (Å²) in [5.41, 5.74) is 2.29. The Morgan fingerprint density at radius 2 is 2.05 bits per heavy atom. The molecule has 0 saturated heterocycles. The number of aromatic nitrogens is 2. The first kappa shape index (κ1) is 15.0. The minimum absolute atomic E-state index is 0.644. The molecule has 0 spiro atoms. The third-order valence-electron chi connectivity index (χ3n) is 3.18. The van der Waals surface area contributed by atoms with Crippen LogP contribution in [0, 0.1) is 0 Å². The molecule has 1 heterocycles.